The van der Waals surface area contributed by atoms with E-state index in [1.807, 2.05) is 53.2 Å². The molecule has 0 spiro atoms. The summed E-state index contributed by atoms with van der Waals surface area (Å²) in [7, 11) is 0. The van der Waals surface area contributed by atoms with Crippen LogP contribution in [0.2, 0.25) is 0 Å². The monoisotopic (exact) mass is 332 g/mol. The van der Waals surface area contributed by atoms with E-state index in [0.717, 1.165) is 16.7 Å². The lowest BCUT2D eigenvalue weighted by Gasteiger charge is -2.07. The number of benzene rings is 1. The summed E-state index contributed by atoms with van der Waals surface area (Å²) in [6, 6.07) is 14.4. The van der Waals surface area contributed by atoms with E-state index in [1.54, 1.807) is 6.07 Å². The summed E-state index contributed by atoms with van der Waals surface area (Å²) in [6.45, 7) is 0.448. The van der Waals surface area contributed by atoms with Crippen LogP contribution in [0.25, 0.3) is 16.6 Å². The van der Waals surface area contributed by atoms with E-state index in [0.29, 0.717) is 24.0 Å². The van der Waals surface area contributed by atoms with Crippen molar-refractivity contribution in [3.8, 4) is 0 Å². The molecule has 124 valence electrons. The van der Waals surface area contributed by atoms with Gasteiger partial charge in [-0.1, -0.05) is 24.3 Å². The highest BCUT2D eigenvalue weighted by atomic mass is 16.2. The van der Waals surface area contributed by atoms with Crippen LogP contribution in [0.3, 0.4) is 0 Å². The average molecular weight is 332 g/mol. The number of aromatic nitrogens is 3. The van der Waals surface area contributed by atoms with Gasteiger partial charge in [0.1, 0.15) is 5.65 Å². The van der Waals surface area contributed by atoms with Crippen LogP contribution < -0.4 is 10.9 Å². The molecule has 0 aliphatic rings. The third-order valence-corrected chi connectivity index (χ3v) is 4.08. The molecule has 4 aromatic rings. The fourth-order valence-electron chi connectivity index (χ4n) is 2.90. The summed E-state index contributed by atoms with van der Waals surface area (Å²) < 4.78 is 1.95. The maximum Gasteiger partial charge on any atom is 0.252 e. The molecule has 25 heavy (non-hydrogen) atoms. The van der Waals surface area contributed by atoms with E-state index in [-0.39, 0.29) is 11.5 Å². The third kappa shape index (κ3) is 3.01. The summed E-state index contributed by atoms with van der Waals surface area (Å²) in [4.78, 5) is 31.5. The molecule has 6 heteroatoms. The number of carbonyl (C=O) groups is 1. The Morgan fingerprint density at radius 3 is 2.88 bits per heavy atom. The molecule has 6 nitrogen and oxygen atoms in total. The summed E-state index contributed by atoms with van der Waals surface area (Å²) in [5, 5.41) is 3.60. The number of imidazole rings is 1. The molecule has 1 amide bonds. The fourth-order valence-corrected chi connectivity index (χ4v) is 2.90. The van der Waals surface area contributed by atoms with E-state index < -0.39 is 0 Å². The van der Waals surface area contributed by atoms with Crippen LogP contribution in [0.4, 0.5) is 0 Å². The van der Waals surface area contributed by atoms with Crippen LogP contribution in [0, 0.1) is 0 Å². The number of para-hydroxylation sites is 1. The van der Waals surface area contributed by atoms with E-state index in [4.69, 9.17) is 0 Å². The zero-order valence-corrected chi connectivity index (χ0v) is 13.4. The van der Waals surface area contributed by atoms with Crippen molar-refractivity contribution in [3.05, 3.63) is 82.5 Å². The predicted molar refractivity (Wildman–Crippen MR) is 95.8 cm³/mol. The first-order valence-electron chi connectivity index (χ1n) is 8.03. The van der Waals surface area contributed by atoms with Crippen molar-refractivity contribution in [2.45, 2.75) is 6.42 Å². The number of rotatable bonds is 4. The SMILES string of the molecule is O=C(NCCc1cn2ccccc2n1)c1cc(=O)[nH]c2ccccc12. The predicted octanol–water partition coefficient (Wildman–Crippen LogP) is 2.15. The number of nitrogens with zero attached hydrogens (tertiary/aromatic N) is 2. The van der Waals surface area contributed by atoms with Gasteiger partial charge < -0.3 is 14.7 Å². The van der Waals surface area contributed by atoms with Crippen molar-refractivity contribution in [3.63, 3.8) is 0 Å². The molecule has 3 heterocycles. The summed E-state index contributed by atoms with van der Waals surface area (Å²) in [5.41, 5.74) is 2.53. The normalized spacial score (nSPS) is 11.0. The van der Waals surface area contributed by atoms with E-state index in [1.165, 1.54) is 6.07 Å². The molecule has 0 fully saturated rings. The number of amides is 1. The van der Waals surface area contributed by atoms with Crippen LogP contribution in [0.15, 0.2) is 65.7 Å². The van der Waals surface area contributed by atoms with E-state index in [9.17, 15) is 9.59 Å². The Hall–Kier alpha value is -3.41. The van der Waals surface area contributed by atoms with Crippen molar-refractivity contribution in [2.75, 3.05) is 6.54 Å². The quantitative estimate of drug-likeness (QED) is 0.601. The molecule has 0 saturated carbocycles. The first-order chi connectivity index (χ1) is 12.2. The first kappa shape index (κ1) is 15.1. The van der Waals surface area contributed by atoms with Crippen LogP contribution in [-0.4, -0.2) is 26.8 Å². The van der Waals surface area contributed by atoms with Crippen molar-refractivity contribution in [1.82, 2.24) is 19.7 Å². The van der Waals surface area contributed by atoms with Gasteiger partial charge in [-0.15, -0.1) is 0 Å². The third-order valence-electron chi connectivity index (χ3n) is 4.08. The van der Waals surface area contributed by atoms with Crippen LogP contribution in [0.5, 0.6) is 0 Å². The van der Waals surface area contributed by atoms with E-state index in [2.05, 4.69) is 15.3 Å². The summed E-state index contributed by atoms with van der Waals surface area (Å²) >= 11 is 0. The van der Waals surface area contributed by atoms with Gasteiger partial charge in [-0.2, -0.15) is 0 Å². The topological polar surface area (TPSA) is 79.3 Å². The number of hydrogen-bond acceptors (Lipinski definition) is 3. The second-order valence-corrected chi connectivity index (χ2v) is 5.80. The lowest BCUT2D eigenvalue weighted by atomic mass is 10.1. The van der Waals surface area contributed by atoms with Gasteiger partial charge in [0.05, 0.1) is 11.3 Å². The van der Waals surface area contributed by atoms with Gasteiger partial charge in [0, 0.05) is 42.3 Å². The van der Waals surface area contributed by atoms with Gasteiger partial charge in [-0.25, -0.2) is 4.98 Å². The Kier molecular flexibility index (Phi) is 3.78. The van der Waals surface area contributed by atoms with Crippen molar-refractivity contribution >= 4 is 22.5 Å². The van der Waals surface area contributed by atoms with Gasteiger partial charge in [0.2, 0.25) is 5.56 Å². The van der Waals surface area contributed by atoms with Crippen molar-refractivity contribution < 1.29 is 4.79 Å². The molecular formula is C19H16N4O2. The first-order valence-corrected chi connectivity index (χ1v) is 8.03. The molecule has 0 radical (unpaired) electrons. The van der Waals surface area contributed by atoms with Gasteiger partial charge >= 0.3 is 0 Å². The van der Waals surface area contributed by atoms with Crippen LogP contribution >= 0.6 is 0 Å². The lowest BCUT2D eigenvalue weighted by Crippen LogP contribution is -2.27. The largest absolute Gasteiger partial charge is 0.352 e. The van der Waals surface area contributed by atoms with E-state index >= 15 is 0 Å². The van der Waals surface area contributed by atoms with Gasteiger partial charge in [0.15, 0.2) is 0 Å². The van der Waals surface area contributed by atoms with Crippen LogP contribution in [-0.2, 0) is 6.42 Å². The minimum atomic E-state index is -0.288. The van der Waals surface area contributed by atoms with Gasteiger partial charge in [-0.05, 0) is 18.2 Å². The Morgan fingerprint density at radius 2 is 2.00 bits per heavy atom. The second-order valence-electron chi connectivity index (χ2n) is 5.80. The molecular weight excluding hydrogens is 316 g/mol. The Bertz CT molecular complexity index is 1090. The highest BCUT2D eigenvalue weighted by Gasteiger charge is 2.11. The number of carbonyl (C=O) groups excluding carboxylic acids is 1. The van der Waals surface area contributed by atoms with Crippen LogP contribution in [0.1, 0.15) is 16.1 Å². The molecule has 1 aromatic carbocycles. The van der Waals surface area contributed by atoms with Gasteiger partial charge in [0.25, 0.3) is 5.91 Å². The molecule has 3 aromatic heterocycles. The number of hydrogen-bond donors (Lipinski definition) is 2. The maximum absolute atomic E-state index is 12.5. The number of fused-ring (bicyclic) bond motifs is 2. The highest BCUT2D eigenvalue weighted by Crippen LogP contribution is 2.14. The molecule has 0 unspecified atom stereocenters. The Labute approximate surface area is 143 Å². The zero-order valence-electron chi connectivity index (χ0n) is 13.4. The lowest BCUT2D eigenvalue weighted by molar-refractivity contribution is 0.0955. The molecule has 0 aliphatic carbocycles. The molecule has 2 N–H and O–H groups in total. The summed E-state index contributed by atoms with van der Waals surface area (Å²) in [5.74, 6) is -0.258. The molecule has 0 bridgehead atoms. The highest BCUT2D eigenvalue weighted by molar-refractivity contribution is 6.05. The maximum atomic E-state index is 12.5. The molecule has 0 atom stereocenters. The Morgan fingerprint density at radius 1 is 1.16 bits per heavy atom. The zero-order chi connectivity index (χ0) is 17.2. The minimum Gasteiger partial charge on any atom is -0.352 e. The average Bonchev–Trinajstić information content (AvgIpc) is 3.03. The number of H-pyrrole nitrogens is 1. The number of aromatic amines is 1. The molecule has 4 rings (SSSR count). The number of nitrogens with one attached hydrogen (secondary N) is 2. The van der Waals surface area contributed by atoms with Gasteiger partial charge in [-0.3, -0.25) is 9.59 Å². The van der Waals surface area contributed by atoms with Crippen molar-refractivity contribution in [1.29, 1.82) is 0 Å². The Balaban J connectivity index is 1.50. The number of pyridine rings is 2. The van der Waals surface area contributed by atoms with Crippen molar-refractivity contribution in [2.24, 2.45) is 0 Å². The minimum absolute atomic E-state index is 0.258. The molecule has 0 saturated heterocycles. The summed E-state index contributed by atoms with van der Waals surface area (Å²) in [6.07, 6.45) is 4.51. The smallest absolute Gasteiger partial charge is 0.252 e. The molecule has 0 aliphatic heterocycles. The fraction of sp³-hybridized carbons (Fsp3) is 0.105. The standard InChI is InChI=1S/C19H16N4O2/c24-18-11-15(14-5-1-2-6-16(14)22-18)19(25)20-9-8-13-12-23-10-4-3-7-17(23)21-13/h1-7,10-12H,8-9H2,(H,20,25)(H,22,24). The second kappa shape index (κ2) is 6.24.